The summed E-state index contributed by atoms with van der Waals surface area (Å²) < 4.78 is 20.9. The van der Waals surface area contributed by atoms with Gasteiger partial charge in [0.15, 0.2) is 5.88 Å². The van der Waals surface area contributed by atoms with Crippen molar-refractivity contribution in [3.8, 4) is 17.3 Å². The lowest BCUT2D eigenvalue weighted by atomic mass is 10.2. The van der Waals surface area contributed by atoms with E-state index in [0.29, 0.717) is 37.0 Å². The summed E-state index contributed by atoms with van der Waals surface area (Å²) in [5.74, 6) is 0.0891. The number of nitrogens with zero attached hydrogens (tertiary/aromatic N) is 4. The molecular formula is C27H38ClN5O4Si. The number of pyridine rings is 2. The molecule has 0 fully saturated rings. The molecule has 0 bridgehead atoms. The van der Waals surface area contributed by atoms with E-state index >= 15 is 0 Å². The maximum Gasteiger partial charge on any atom is 0.338 e. The smallest absolute Gasteiger partial charge is 0.338 e. The van der Waals surface area contributed by atoms with Crippen molar-refractivity contribution in [3.63, 3.8) is 0 Å². The molecule has 0 unspecified atom stereocenters. The van der Waals surface area contributed by atoms with Crippen LogP contribution in [0, 0.1) is 6.92 Å². The van der Waals surface area contributed by atoms with Crippen LogP contribution in [-0.4, -0.2) is 53.3 Å². The Labute approximate surface area is 230 Å². The molecule has 0 aliphatic heterocycles. The van der Waals surface area contributed by atoms with Crippen LogP contribution in [0.2, 0.25) is 25.7 Å². The lowest BCUT2D eigenvalue weighted by molar-refractivity contribution is 0.0526. The molecular weight excluding hydrogens is 522 g/mol. The van der Waals surface area contributed by atoms with Crippen LogP contribution < -0.4 is 10.5 Å². The number of halogens is 1. The SMILES string of the molecule is CCOC(=O)c1cc(OC)n2c(C)c(-c3cc4ccc([C@@H](C)N)nc4n3COCC[Si](C)(C)C)nc2c1.Cl. The number of aryl methyl sites for hydroxylation is 1. The molecule has 0 aliphatic rings. The maximum absolute atomic E-state index is 12.4. The first-order valence-corrected chi connectivity index (χ1v) is 16.3. The quantitative estimate of drug-likeness (QED) is 0.153. The van der Waals surface area contributed by atoms with E-state index in [2.05, 4.69) is 30.3 Å². The number of carbonyl (C=O) groups is 1. The van der Waals surface area contributed by atoms with Gasteiger partial charge in [0.2, 0.25) is 0 Å². The zero-order chi connectivity index (χ0) is 26.9. The van der Waals surface area contributed by atoms with E-state index in [4.69, 9.17) is 29.9 Å². The molecule has 0 aromatic carbocycles. The molecule has 206 valence electrons. The van der Waals surface area contributed by atoms with Crippen molar-refractivity contribution in [3.05, 3.63) is 47.3 Å². The Morgan fingerprint density at radius 1 is 1.16 bits per heavy atom. The average Bonchev–Trinajstić information content (AvgIpc) is 3.37. The predicted octanol–water partition coefficient (Wildman–Crippen LogP) is 5.60. The highest BCUT2D eigenvalue weighted by atomic mass is 35.5. The number of hydrogen-bond donors (Lipinski definition) is 1. The molecule has 4 aromatic rings. The molecule has 4 rings (SSSR count). The number of rotatable bonds is 10. The Balaban J connectivity index is 0.00000400. The van der Waals surface area contributed by atoms with E-state index in [-0.39, 0.29) is 18.4 Å². The third kappa shape index (κ3) is 6.04. The summed E-state index contributed by atoms with van der Waals surface area (Å²) in [6, 6.07) is 10.3. The maximum atomic E-state index is 12.4. The number of nitrogens with two attached hydrogens (primary N) is 1. The molecule has 4 aromatic heterocycles. The molecule has 0 amide bonds. The molecule has 9 nitrogen and oxygen atoms in total. The molecule has 38 heavy (non-hydrogen) atoms. The van der Waals surface area contributed by atoms with Crippen LogP contribution in [0.3, 0.4) is 0 Å². The number of hydrogen-bond acceptors (Lipinski definition) is 7. The minimum absolute atomic E-state index is 0. The standard InChI is InChI=1S/C27H37N5O4Si.ClH/c1-8-36-27(33)20-14-23-30-25(18(3)32(23)24(15-20)34-4)22-13-19-9-10-21(17(2)28)29-26(19)31(22)16-35-11-12-37(5,6)7;/h9-10,13-15,17H,8,11-12,16,28H2,1-7H3;1H/t17-;/m1./s1. The first kappa shape index (κ1) is 29.6. The highest BCUT2D eigenvalue weighted by Crippen LogP contribution is 2.33. The van der Waals surface area contributed by atoms with Crippen molar-refractivity contribution in [2.24, 2.45) is 5.73 Å². The molecule has 0 saturated heterocycles. The fourth-order valence-electron chi connectivity index (χ4n) is 4.26. The number of carbonyl (C=O) groups excluding carboxylic acids is 1. The zero-order valence-corrected chi connectivity index (χ0v) is 25.0. The topological polar surface area (TPSA) is 106 Å². The van der Waals surface area contributed by atoms with Crippen LogP contribution in [0.15, 0.2) is 30.3 Å². The second-order valence-electron chi connectivity index (χ2n) is 10.5. The number of ether oxygens (including phenoxy) is 3. The summed E-state index contributed by atoms with van der Waals surface area (Å²) in [6.45, 7) is 14.0. The molecule has 1 atom stereocenters. The highest BCUT2D eigenvalue weighted by Gasteiger charge is 2.22. The number of methoxy groups -OCH3 is 1. The normalized spacial score (nSPS) is 12.5. The van der Waals surface area contributed by atoms with Gasteiger partial charge >= 0.3 is 5.97 Å². The van der Waals surface area contributed by atoms with Crippen LogP contribution in [-0.2, 0) is 16.2 Å². The summed E-state index contributed by atoms with van der Waals surface area (Å²) >= 11 is 0. The Morgan fingerprint density at radius 2 is 1.89 bits per heavy atom. The Kier molecular flexibility index (Phi) is 9.24. The van der Waals surface area contributed by atoms with Gasteiger partial charge in [0.25, 0.3) is 0 Å². The van der Waals surface area contributed by atoms with Gasteiger partial charge < -0.3 is 19.9 Å². The van der Waals surface area contributed by atoms with Gasteiger partial charge in [-0.25, -0.2) is 14.8 Å². The van der Waals surface area contributed by atoms with Crippen LogP contribution in [0.5, 0.6) is 5.88 Å². The molecule has 0 spiro atoms. The van der Waals surface area contributed by atoms with Gasteiger partial charge in [0.05, 0.1) is 36.4 Å². The fraction of sp³-hybridized carbons (Fsp3) is 0.444. The fourth-order valence-corrected chi connectivity index (χ4v) is 5.01. The molecule has 2 N–H and O–H groups in total. The van der Waals surface area contributed by atoms with Crippen molar-refractivity contribution in [2.75, 3.05) is 20.3 Å². The second kappa shape index (κ2) is 11.9. The Hall–Kier alpha value is -2.92. The highest BCUT2D eigenvalue weighted by molar-refractivity contribution is 6.76. The van der Waals surface area contributed by atoms with E-state index in [1.807, 2.05) is 30.4 Å². The number of esters is 1. The van der Waals surface area contributed by atoms with Gasteiger partial charge in [-0.2, -0.15) is 0 Å². The number of aromatic nitrogens is 4. The van der Waals surface area contributed by atoms with Crippen LogP contribution in [0.1, 0.15) is 41.6 Å². The van der Waals surface area contributed by atoms with E-state index in [1.54, 1.807) is 26.2 Å². The van der Waals surface area contributed by atoms with Gasteiger partial charge in [-0.15, -0.1) is 12.4 Å². The lowest BCUT2D eigenvalue weighted by Gasteiger charge is -2.16. The predicted molar refractivity (Wildman–Crippen MR) is 155 cm³/mol. The van der Waals surface area contributed by atoms with Crippen molar-refractivity contribution >= 4 is 43.1 Å². The summed E-state index contributed by atoms with van der Waals surface area (Å²) in [7, 11) is 0.344. The molecule has 0 radical (unpaired) electrons. The van der Waals surface area contributed by atoms with Gasteiger partial charge in [-0.1, -0.05) is 19.6 Å². The first-order chi connectivity index (χ1) is 17.5. The summed E-state index contributed by atoms with van der Waals surface area (Å²) in [4.78, 5) is 22.2. The first-order valence-electron chi connectivity index (χ1n) is 12.6. The lowest BCUT2D eigenvalue weighted by Crippen LogP contribution is -2.22. The Morgan fingerprint density at radius 3 is 2.53 bits per heavy atom. The average molecular weight is 560 g/mol. The van der Waals surface area contributed by atoms with E-state index in [9.17, 15) is 4.79 Å². The number of fused-ring (bicyclic) bond motifs is 2. The second-order valence-corrected chi connectivity index (χ2v) is 16.1. The van der Waals surface area contributed by atoms with E-state index < -0.39 is 14.0 Å². The van der Waals surface area contributed by atoms with E-state index in [0.717, 1.165) is 39.9 Å². The van der Waals surface area contributed by atoms with Gasteiger partial charge in [-0.05, 0) is 51.1 Å². The minimum atomic E-state index is -1.23. The largest absolute Gasteiger partial charge is 0.482 e. The number of imidazole rings is 1. The molecule has 4 heterocycles. The summed E-state index contributed by atoms with van der Waals surface area (Å²) in [6.07, 6.45) is 0. The van der Waals surface area contributed by atoms with Crippen molar-refractivity contribution < 1.29 is 19.0 Å². The Bertz CT molecular complexity index is 1440. The van der Waals surface area contributed by atoms with E-state index in [1.165, 1.54) is 0 Å². The van der Waals surface area contributed by atoms with Crippen LogP contribution in [0.4, 0.5) is 0 Å². The van der Waals surface area contributed by atoms with Gasteiger partial charge in [0.1, 0.15) is 23.7 Å². The monoisotopic (exact) mass is 559 g/mol. The molecule has 11 heteroatoms. The van der Waals surface area contributed by atoms with Gasteiger partial charge in [0, 0.05) is 32.2 Å². The minimum Gasteiger partial charge on any atom is -0.482 e. The third-order valence-corrected chi connectivity index (χ3v) is 8.03. The van der Waals surface area contributed by atoms with Crippen LogP contribution >= 0.6 is 12.4 Å². The molecule has 0 aliphatic carbocycles. The summed E-state index contributed by atoms with van der Waals surface area (Å²) in [5, 5.41) is 0.976. The van der Waals surface area contributed by atoms with Crippen molar-refractivity contribution in [1.82, 2.24) is 18.9 Å². The van der Waals surface area contributed by atoms with Crippen molar-refractivity contribution in [2.45, 2.75) is 59.2 Å². The molecule has 0 saturated carbocycles. The van der Waals surface area contributed by atoms with Gasteiger partial charge in [-0.3, -0.25) is 8.97 Å². The third-order valence-electron chi connectivity index (χ3n) is 6.33. The van der Waals surface area contributed by atoms with Crippen molar-refractivity contribution in [1.29, 1.82) is 0 Å². The summed E-state index contributed by atoms with van der Waals surface area (Å²) in [5.41, 5.74) is 11.2. The van der Waals surface area contributed by atoms with Crippen LogP contribution in [0.25, 0.3) is 28.1 Å². The zero-order valence-electron chi connectivity index (χ0n) is 23.2.